The number of carbonyl (C=O) groups is 1. The summed E-state index contributed by atoms with van der Waals surface area (Å²) in [7, 11) is 3.37. The van der Waals surface area contributed by atoms with Gasteiger partial charge in [-0.25, -0.2) is 0 Å². The van der Waals surface area contributed by atoms with E-state index in [9.17, 15) is 4.79 Å². The second-order valence-electron chi connectivity index (χ2n) is 6.97. The van der Waals surface area contributed by atoms with Crippen LogP contribution in [0.5, 0.6) is 11.5 Å². The molecule has 2 aromatic rings. The van der Waals surface area contributed by atoms with Crippen molar-refractivity contribution in [3.63, 3.8) is 0 Å². The fourth-order valence-corrected chi connectivity index (χ4v) is 3.29. The smallest absolute Gasteiger partial charge is 0.225 e. The van der Waals surface area contributed by atoms with Gasteiger partial charge in [0.15, 0.2) is 5.96 Å². The fraction of sp³-hybridized carbons (Fsp3) is 0.364. The zero-order chi connectivity index (χ0) is 20.6. The van der Waals surface area contributed by atoms with E-state index in [0.29, 0.717) is 25.5 Å². The second-order valence-corrected chi connectivity index (χ2v) is 6.97. The Morgan fingerprint density at radius 1 is 1.17 bits per heavy atom. The maximum absolute atomic E-state index is 12.0. The molecule has 1 heterocycles. The van der Waals surface area contributed by atoms with Crippen molar-refractivity contribution in [3.05, 3.63) is 54.1 Å². The first-order valence-electron chi connectivity index (χ1n) is 9.73. The summed E-state index contributed by atoms with van der Waals surface area (Å²) in [5.74, 6) is 2.41. The van der Waals surface area contributed by atoms with E-state index in [1.54, 1.807) is 14.2 Å². The number of nitrogens with zero attached hydrogens (tertiary/aromatic N) is 1. The molecule has 3 rings (SSSR count). The van der Waals surface area contributed by atoms with Gasteiger partial charge < -0.3 is 25.4 Å². The molecule has 29 heavy (non-hydrogen) atoms. The number of fused-ring (bicyclic) bond motifs is 1. The normalized spacial score (nSPS) is 17.0. The first-order chi connectivity index (χ1) is 14.1. The van der Waals surface area contributed by atoms with Crippen LogP contribution in [0, 0.1) is 0 Å². The van der Waals surface area contributed by atoms with Crippen LogP contribution >= 0.6 is 0 Å². The monoisotopic (exact) mass is 396 g/mol. The van der Waals surface area contributed by atoms with Gasteiger partial charge in [-0.2, -0.15) is 0 Å². The lowest BCUT2D eigenvalue weighted by molar-refractivity contribution is -0.116. The molecule has 1 aliphatic heterocycles. The van der Waals surface area contributed by atoms with Crippen molar-refractivity contribution in [2.24, 2.45) is 4.99 Å². The van der Waals surface area contributed by atoms with E-state index >= 15 is 0 Å². The molecule has 1 amide bonds. The molecule has 2 unspecified atom stereocenters. The van der Waals surface area contributed by atoms with Crippen LogP contribution < -0.4 is 25.4 Å². The third kappa shape index (κ3) is 5.63. The summed E-state index contributed by atoms with van der Waals surface area (Å²) in [5, 5.41) is 9.52. The molecule has 3 N–H and O–H groups in total. The number of aliphatic imine (C=N–C) groups is 1. The predicted octanol–water partition coefficient (Wildman–Crippen LogP) is 2.75. The summed E-state index contributed by atoms with van der Waals surface area (Å²) >= 11 is 0. The lowest BCUT2D eigenvalue weighted by Gasteiger charge is -2.26. The molecule has 2 aromatic carbocycles. The van der Waals surface area contributed by atoms with Crippen LogP contribution in [0.25, 0.3) is 0 Å². The number of guanidine groups is 1. The molecule has 7 heteroatoms. The number of ether oxygens (including phenoxy) is 2. The maximum atomic E-state index is 12.0. The van der Waals surface area contributed by atoms with Crippen molar-refractivity contribution in [1.82, 2.24) is 10.6 Å². The zero-order valence-electron chi connectivity index (χ0n) is 17.1. The van der Waals surface area contributed by atoms with E-state index in [1.807, 2.05) is 49.4 Å². The van der Waals surface area contributed by atoms with Gasteiger partial charge in [0.2, 0.25) is 5.91 Å². The van der Waals surface area contributed by atoms with E-state index in [0.717, 1.165) is 22.7 Å². The number of methoxy groups -OCH3 is 1. The van der Waals surface area contributed by atoms with Crippen molar-refractivity contribution < 1.29 is 14.3 Å². The fourth-order valence-electron chi connectivity index (χ4n) is 3.29. The zero-order valence-corrected chi connectivity index (χ0v) is 17.1. The Kier molecular flexibility index (Phi) is 6.94. The summed E-state index contributed by atoms with van der Waals surface area (Å²) in [5.41, 5.74) is 2.03. The molecule has 7 nitrogen and oxygen atoms in total. The van der Waals surface area contributed by atoms with Crippen molar-refractivity contribution in [1.29, 1.82) is 0 Å². The second kappa shape index (κ2) is 9.82. The van der Waals surface area contributed by atoms with Gasteiger partial charge in [-0.05, 0) is 42.8 Å². The Labute approximate surface area is 171 Å². The quantitative estimate of drug-likeness (QED) is 0.495. The topological polar surface area (TPSA) is 84.0 Å². The van der Waals surface area contributed by atoms with Gasteiger partial charge in [0.25, 0.3) is 0 Å². The van der Waals surface area contributed by atoms with Crippen LogP contribution in [0.1, 0.15) is 24.8 Å². The number of carbonyl (C=O) groups excluding carboxylic acids is 1. The van der Waals surface area contributed by atoms with Gasteiger partial charge in [0.05, 0.1) is 13.7 Å². The molecule has 1 aliphatic rings. The largest absolute Gasteiger partial charge is 0.497 e. The third-order valence-corrected chi connectivity index (χ3v) is 4.80. The molecule has 0 spiro atoms. The van der Waals surface area contributed by atoms with Crippen molar-refractivity contribution >= 4 is 17.6 Å². The highest BCUT2D eigenvalue weighted by Gasteiger charge is 2.24. The summed E-state index contributed by atoms with van der Waals surface area (Å²) in [6.45, 7) is 3.21. The number of anilines is 1. The van der Waals surface area contributed by atoms with Crippen LogP contribution in [-0.4, -0.2) is 45.2 Å². The number of hydrogen-bond acceptors (Lipinski definition) is 4. The van der Waals surface area contributed by atoms with Crippen LogP contribution in [0.2, 0.25) is 0 Å². The Morgan fingerprint density at radius 2 is 1.90 bits per heavy atom. The third-order valence-electron chi connectivity index (χ3n) is 4.80. The molecule has 0 saturated carbocycles. The molecule has 2 atom stereocenters. The number of hydrogen-bond donors (Lipinski definition) is 3. The molecule has 0 bridgehead atoms. The van der Waals surface area contributed by atoms with Crippen molar-refractivity contribution in [3.8, 4) is 11.5 Å². The predicted molar refractivity (Wildman–Crippen MR) is 115 cm³/mol. The summed E-state index contributed by atoms with van der Waals surface area (Å²) in [6.07, 6.45) is 0.404. The van der Waals surface area contributed by atoms with E-state index in [-0.39, 0.29) is 17.9 Å². The standard InChI is InChI=1S/C22H28N4O3/c1-15(29-18-10-8-17(28-3)9-11-18)13-24-22(23-2)25-14-16-12-21(27)26-20-7-5-4-6-19(16)20/h4-11,15-16H,12-14H2,1-3H3,(H,26,27)(H2,23,24,25). The highest BCUT2D eigenvalue weighted by atomic mass is 16.5. The van der Waals surface area contributed by atoms with Gasteiger partial charge in [-0.15, -0.1) is 0 Å². The molecule has 0 fully saturated rings. The Bertz CT molecular complexity index is 851. The SMILES string of the molecule is CN=C(NCC(C)Oc1ccc(OC)cc1)NCC1CC(=O)Nc2ccccc21. The number of rotatable bonds is 7. The summed E-state index contributed by atoms with van der Waals surface area (Å²) in [4.78, 5) is 16.2. The molecule has 154 valence electrons. The Morgan fingerprint density at radius 3 is 2.62 bits per heavy atom. The van der Waals surface area contributed by atoms with Crippen LogP contribution in [0.15, 0.2) is 53.5 Å². The van der Waals surface area contributed by atoms with Gasteiger partial charge in [0.1, 0.15) is 17.6 Å². The number of nitrogens with one attached hydrogen (secondary N) is 3. The van der Waals surface area contributed by atoms with Crippen LogP contribution in [-0.2, 0) is 4.79 Å². The molecule has 0 saturated heterocycles. The minimum Gasteiger partial charge on any atom is -0.497 e. The van der Waals surface area contributed by atoms with Gasteiger partial charge in [0, 0.05) is 31.6 Å². The number of amides is 1. The van der Waals surface area contributed by atoms with Gasteiger partial charge in [-0.1, -0.05) is 18.2 Å². The Hall–Kier alpha value is -3.22. The average Bonchev–Trinajstić information content (AvgIpc) is 2.74. The van der Waals surface area contributed by atoms with E-state index < -0.39 is 0 Å². The number of benzene rings is 2. The molecule has 0 radical (unpaired) electrons. The van der Waals surface area contributed by atoms with Gasteiger partial charge >= 0.3 is 0 Å². The van der Waals surface area contributed by atoms with E-state index in [1.165, 1.54) is 0 Å². The minimum absolute atomic E-state index is 0.0416. The first kappa shape index (κ1) is 20.5. The van der Waals surface area contributed by atoms with Gasteiger partial charge in [-0.3, -0.25) is 9.79 Å². The number of para-hydroxylation sites is 1. The average molecular weight is 396 g/mol. The van der Waals surface area contributed by atoms with E-state index in [4.69, 9.17) is 9.47 Å². The van der Waals surface area contributed by atoms with E-state index in [2.05, 4.69) is 27.0 Å². The molecular formula is C22H28N4O3. The highest BCUT2D eigenvalue weighted by Crippen LogP contribution is 2.31. The highest BCUT2D eigenvalue weighted by molar-refractivity contribution is 5.94. The first-order valence-corrected chi connectivity index (χ1v) is 9.73. The minimum atomic E-state index is -0.0527. The van der Waals surface area contributed by atoms with Crippen molar-refractivity contribution in [2.75, 3.05) is 32.6 Å². The van der Waals surface area contributed by atoms with Crippen LogP contribution in [0.3, 0.4) is 0 Å². The molecule has 0 aliphatic carbocycles. The molecule has 0 aromatic heterocycles. The molecular weight excluding hydrogens is 368 g/mol. The summed E-state index contributed by atoms with van der Waals surface area (Å²) in [6, 6.07) is 15.4. The Balaban J connectivity index is 1.49. The lowest BCUT2D eigenvalue weighted by atomic mass is 9.90. The lowest BCUT2D eigenvalue weighted by Crippen LogP contribution is -2.43. The maximum Gasteiger partial charge on any atom is 0.225 e. The summed E-state index contributed by atoms with van der Waals surface area (Å²) < 4.78 is 11.1. The van der Waals surface area contributed by atoms with Crippen LogP contribution in [0.4, 0.5) is 5.69 Å². The van der Waals surface area contributed by atoms with Crippen molar-refractivity contribution in [2.45, 2.75) is 25.4 Å².